The van der Waals surface area contributed by atoms with E-state index in [0.717, 1.165) is 12.2 Å². The Kier molecular flexibility index (Phi) is 6.12. The molecule has 1 saturated heterocycles. The van der Waals surface area contributed by atoms with Gasteiger partial charge in [0.05, 0.1) is 30.0 Å². The van der Waals surface area contributed by atoms with Crippen molar-refractivity contribution in [2.75, 3.05) is 11.5 Å². The first-order valence-electron chi connectivity index (χ1n) is 9.13. The van der Waals surface area contributed by atoms with Crippen LogP contribution in [0.2, 0.25) is 0 Å². The SMILES string of the molecule is CCc1nccn1CCC(=O)N[C@H]1CS(=O)(=O)C[C@H]1NC(=O)Cc1ccn[nH]1. The molecule has 1 aliphatic heterocycles. The van der Waals surface area contributed by atoms with E-state index in [0.29, 0.717) is 12.2 Å². The van der Waals surface area contributed by atoms with Gasteiger partial charge in [-0.1, -0.05) is 6.92 Å². The summed E-state index contributed by atoms with van der Waals surface area (Å²) in [4.78, 5) is 28.7. The number of aryl methyl sites for hydroxylation is 2. The summed E-state index contributed by atoms with van der Waals surface area (Å²) in [6.45, 7) is 2.45. The molecule has 1 fully saturated rings. The molecule has 28 heavy (non-hydrogen) atoms. The number of imidazole rings is 1. The first-order valence-corrected chi connectivity index (χ1v) is 11.0. The lowest BCUT2D eigenvalue weighted by atomic mass is 10.1. The van der Waals surface area contributed by atoms with Gasteiger partial charge in [0, 0.05) is 43.7 Å². The number of amides is 2. The lowest BCUT2D eigenvalue weighted by Crippen LogP contribution is -2.51. The van der Waals surface area contributed by atoms with Gasteiger partial charge in [0.25, 0.3) is 0 Å². The summed E-state index contributed by atoms with van der Waals surface area (Å²) in [5.74, 6) is -0.0600. The molecule has 0 spiro atoms. The van der Waals surface area contributed by atoms with Gasteiger partial charge in [-0.15, -0.1) is 0 Å². The summed E-state index contributed by atoms with van der Waals surface area (Å²) in [5.41, 5.74) is 0.631. The van der Waals surface area contributed by atoms with E-state index < -0.39 is 21.9 Å². The van der Waals surface area contributed by atoms with Crippen molar-refractivity contribution in [1.82, 2.24) is 30.4 Å². The Morgan fingerprint density at radius 1 is 1.21 bits per heavy atom. The number of aromatic amines is 1. The van der Waals surface area contributed by atoms with E-state index >= 15 is 0 Å². The molecule has 3 rings (SSSR count). The van der Waals surface area contributed by atoms with Crippen LogP contribution >= 0.6 is 0 Å². The first kappa shape index (κ1) is 20.1. The van der Waals surface area contributed by atoms with Gasteiger partial charge < -0.3 is 15.2 Å². The number of hydrogen-bond acceptors (Lipinski definition) is 6. The van der Waals surface area contributed by atoms with Crippen LogP contribution in [0, 0.1) is 0 Å². The molecule has 2 aromatic heterocycles. The van der Waals surface area contributed by atoms with E-state index in [1.165, 1.54) is 6.20 Å². The minimum Gasteiger partial charge on any atom is -0.350 e. The Morgan fingerprint density at radius 3 is 2.57 bits per heavy atom. The molecule has 3 N–H and O–H groups in total. The number of carbonyl (C=O) groups is 2. The van der Waals surface area contributed by atoms with Gasteiger partial charge >= 0.3 is 0 Å². The van der Waals surface area contributed by atoms with E-state index in [1.807, 2.05) is 17.7 Å². The van der Waals surface area contributed by atoms with Crippen molar-refractivity contribution in [2.45, 2.75) is 44.8 Å². The second-order valence-corrected chi connectivity index (χ2v) is 8.98. The molecule has 2 aromatic rings. The van der Waals surface area contributed by atoms with Gasteiger partial charge in [0.15, 0.2) is 9.84 Å². The zero-order chi connectivity index (χ0) is 20.1. The van der Waals surface area contributed by atoms with Crippen molar-refractivity contribution in [2.24, 2.45) is 0 Å². The maximum Gasteiger partial charge on any atom is 0.226 e. The van der Waals surface area contributed by atoms with Gasteiger partial charge in [-0.2, -0.15) is 5.10 Å². The quantitative estimate of drug-likeness (QED) is 0.523. The van der Waals surface area contributed by atoms with Crippen LogP contribution < -0.4 is 10.6 Å². The molecule has 0 unspecified atom stereocenters. The van der Waals surface area contributed by atoms with E-state index in [1.54, 1.807) is 12.3 Å². The number of H-pyrrole nitrogens is 1. The normalized spacial score (nSPS) is 20.8. The molecule has 1 aliphatic rings. The summed E-state index contributed by atoms with van der Waals surface area (Å²) in [7, 11) is -3.33. The fourth-order valence-corrected chi connectivity index (χ4v) is 5.17. The van der Waals surface area contributed by atoms with Gasteiger partial charge in [-0.3, -0.25) is 14.7 Å². The molecule has 0 bridgehead atoms. The number of aromatic nitrogens is 4. The minimum atomic E-state index is -3.33. The maximum absolute atomic E-state index is 12.3. The van der Waals surface area contributed by atoms with Crippen LogP contribution in [-0.4, -0.2) is 63.6 Å². The molecule has 0 radical (unpaired) electrons. The monoisotopic (exact) mass is 408 g/mol. The third-order valence-electron chi connectivity index (χ3n) is 4.65. The van der Waals surface area contributed by atoms with E-state index in [4.69, 9.17) is 0 Å². The lowest BCUT2D eigenvalue weighted by Gasteiger charge is -2.21. The van der Waals surface area contributed by atoms with Crippen molar-refractivity contribution in [3.05, 3.63) is 36.2 Å². The van der Waals surface area contributed by atoms with Gasteiger partial charge in [0.1, 0.15) is 5.82 Å². The average Bonchev–Trinajstić information content (AvgIpc) is 3.34. The van der Waals surface area contributed by atoms with Crippen molar-refractivity contribution in [3.8, 4) is 0 Å². The number of carbonyl (C=O) groups excluding carboxylic acids is 2. The molecule has 11 heteroatoms. The summed E-state index contributed by atoms with van der Waals surface area (Å²) >= 11 is 0. The largest absolute Gasteiger partial charge is 0.350 e. The number of nitrogens with zero attached hydrogens (tertiary/aromatic N) is 3. The maximum atomic E-state index is 12.3. The third kappa shape index (κ3) is 5.18. The zero-order valence-electron chi connectivity index (χ0n) is 15.6. The summed E-state index contributed by atoms with van der Waals surface area (Å²) < 4.78 is 26.0. The topological polar surface area (TPSA) is 139 Å². The Hall–Kier alpha value is -2.69. The number of rotatable bonds is 8. The Balaban J connectivity index is 1.55. The highest BCUT2D eigenvalue weighted by atomic mass is 32.2. The van der Waals surface area contributed by atoms with Gasteiger partial charge in [-0.05, 0) is 6.07 Å². The third-order valence-corrected chi connectivity index (χ3v) is 6.39. The Labute approximate surface area is 163 Å². The molecule has 2 amide bonds. The molecule has 0 aromatic carbocycles. The Bertz CT molecular complexity index is 921. The summed E-state index contributed by atoms with van der Waals surface area (Å²) in [6.07, 6.45) is 6.07. The van der Waals surface area contributed by atoms with Crippen LogP contribution in [0.25, 0.3) is 0 Å². The second-order valence-electron chi connectivity index (χ2n) is 6.82. The summed E-state index contributed by atoms with van der Waals surface area (Å²) in [6, 6.07) is 0.380. The fourth-order valence-electron chi connectivity index (χ4n) is 3.30. The fraction of sp³-hybridized carbons (Fsp3) is 0.529. The van der Waals surface area contributed by atoms with Gasteiger partial charge in [0.2, 0.25) is 11.8 Å². The number of sulfone groups is 1. The number of hydrogen-bond donors (Lipinski definition) is 3. The molecule has 2 atom stereocenters. The minimum absolute atomic E-state index is 0.0671. The lowest BCUT2D eigenvalue weighted by molar-refractivity contribution is -0.124. The molecular weight excluding hydrogens is 384 g/mol. The predicted octanol–water partition coefficient (Wildman–Crippen LogP) is -0.801. The van der Waals surface area contributed by atoms with Crippen molar-refractivity contribution < 1.29 is 18.0 Å². The van der Waals surface area contributed by atoms with Crippen LogP contribution in [0.4, 0.5) is 0 Å². The second kappa shape index (κ2) is 8.55. The van der Waals surface area contributed by atoms with E-state index in [9.17, 15) is 18.0 Å². The molecule has 0 aliphatic carbocycles. The zero-order valence-corrected chi connectivity index (χ0v) is 16.4. The van der Waals surface area contributed by atoms with E-state index in [-0.39, 0.29) is 36.2 Å². The average molecular weight is 408 g/mol. The standard InChI is InChI=1S/C17H24N6O4S/c1-2-15-18-6-8-23(15)7-4-16(24)20-13-10-28(26,27)11-14(13)21-17(25)9-12-3-5-19-22-12/h3,5-6,8,13-14H,2,4,7,9-11H2,1H3,(H,19,22)(H,20,24)(H,21,25)/t13-,14+/m0/s1. The van der Waals surface area contributed by atoms with Crippen LogP contribution in [0.15, 0.2) is 24.7 Å². The van der Waals surface area contributed by atoms with Crippen molar-refractivity contribution >= 4 is 21.7 Å². The van der Waals surface area contributed by atoms with Crippen molar-refractivity contribution in [1.29, 1.82) is 0 Å². The summed E-state index contributed by atoms with van der Waals surface area (Å²) in [5, 5.41) is 11.9. The molecule has 10 nitrogen and oxygen atoms in total. The molecular formula is C17H24N6O4S. The highest BCUT2D eigenvalue weighted by molar-refractivity contribution is 7.91. The molecule has 0 saturated carbocycles. The van der Waals surface area contributed by atoms with Crippen LogP contribution in [-0.2, 0) is 38.8 Å². The Morgan fingerprint density at radius 2 is 1.93 bits per heavy atom. The molecule has 3 heterocycles. The smallest absolute Gasteiger partial charge is 0.226 e. The number of nitrogens with one attached hydrogen (secondary N) is 3. The predicted molar refractivity (Wildman–Crippen MR) is 101 cm³/mol. The highest BCUT2D eigenvalue weighted by Gasteiger charge is 2.39. The van der Waals surface area contributed by atoms with Gasteiger partial charge in [-0.25, -0.2) is 13.4 Å². The van der Waals surface area contributed by atoms with Crippen LogP contribution in [0.5, 0.6) is 0 Å². The van der Waals surface area contributed by atoms with Crippen LogP contribution in [0.3, 0.4) is 0 Å². The highest BCUT2D eigenvalue weighted by Crippen LogP contribution is 2.14. The molecule has 152 valence electrons. The first-order chi connectivity index (χ1) is 13.4. The van der Waals surface area contributed by atoms with Crippen LogP contribution in [0.1, 0.15) is 24.9 Å². The van der Waals surface area contributed by atoms with E-state index in [2.05, 4.69) is 25.8 Å². The van der Waals surface area contributed by atoms with Crippen molar-refractivity contribution in [3.63, 3.8) is 0 Å².